The quantitative estimate of drug-likeness (QED) is 0.861. The van der Waals surface area contributed by atoms with Crippen molar-refractivity contribution in [3.8, 4) is 0 Å². The first kappa shape index (κ1) is 14.6. The summed E-state index contributed by atoms with van der Waals surface area (Å²) in [6, 6.07) is 1.69. The molecule has 1 aromatic heterocycles. The van der Waals surface area contributed by atoms with Crippen molar-refractivity contribution < 1.29 is 4.79 Å². The molecule has 100 valence electrons. The first-order valence-corrected chi connectivity index (χ1v) is 6.24. The molecule has 0 aliphatic heterocycles. The second-order valence-corrected chi connectivity index (χ2v) is 5.97. The van der Waals surface area contributed by atoms with Gasteiger partial charge in [-0.05, 0) is 30.4 Å². The highest BCUT2D eigenvalue weighted by atomic mass is 16.1. The number of hydrogen-bond donors (Lipinski definition) is 2. The SMILES string of the molecule is Cc1cnccc1NC(=O)CC(N)CC(C)(C)C. The van der Waals surface area contributed by atoms with Gasteiger partial charge in [0.2, 0.25) is 5.91 Å². The van der Waals surface area contributed by atoms with Crippen LogP contribution >= 0.6 is 0 Å². The molecule has 18 heavy (non-hydrogen) atoms. The number of hydrogen-bond acceptors (Lipinski definition) is 3. The van der Waals surface area contributed by atoms with E-state index < -0.39 is 0 Å². The molecule has 4 nitrogen and oxygen atoms in total. The number of amides is 1. The Labute approximate surface area is 109 Å². The predicted octanol–water partition coefficient (Wildman–Crippen LogP) is 2.48. The molecule has 1 rings (SSSR count). The third-order valence-electron chi connectivity index (χ3n) is 2.62. The van der Waals surface area contributed by atoms with Crippen molar-refractivity contribution in [1.29, 1.82) is 0 Å². The Morgan fingerprint density at radius 1 is 1.50 bits per heavy atom. The highest BCUT2D eigenvalue weighted by Crippen LogP contribution is 2.21. The molecule has 0 aromatic carbocycles. The monoisotopic (exact) mass is 249 g/mol. The molecule has 3 N–H and O–H groups in total. The topological polar surface area (TPSA) is 68.0 Å². The van der Waals surface area contributed by atoms with E-state index in [1.165, 1.54) is 0 Å². The van der Waals surface area contributed by atoms with Crippen LogP contribution in [0.5, 0.6) is 0 Å². The van der Waals surface area contributed by atoms with E-state index in [9.17, 15) is 4.79 Å². The minimum Gasteiger partial charge on any atom is -0.327 e. The van der Waals surface area contributed by atoms with Gasteiger partial charge in [-0.3, -0.25) is 9.78 Å². The average Bonchev–Trinajstić information content (AvgIpc) is 2.18. The summed E-state index contributed by atoms with van der Waals surface area (Å²) in [6.45, 7) is 8.28. The lowest BCUT2D eigenvalue weighted by atomic mass is 9.87. The number of aromatic nitrogens is 1. The molecule has 1 aromatic rings. The standard InChI is InChI=1S/C14H23N3O/c1-10-9-16-6-5-12(10)17-13(18)7-11(15)8-14(2,3)4/h5-6,9,11H,7-8,15H2,1-4H3,(H,16,17,18). The highest BCUT2D eigenvalue weighted by Gasteiger charge is 2.18. The van der Waals surface area contributed by atoms with E-state index >= 15 is 0 Å². The van der Waals surface area contributed by atoms with Crippen LogP contribution in [0.2, 0.25) is 0 Å². The van der Waals surface area contributed by atoms with E-state index in [2.05, 4.69) is 31.1 Å². The summed E-state index contributed by atoms with van der Waals surface area (Å²) in [5, 5.41) is 2.87. The molecular weight excluding hydrogens is 226 g/mol. The van der Waals surface area contributed by atoms with E-state index in [4.69, 9.17) is 5.73 Å². The molecule has 0 radical (unpaired) electrons. The minimum atomic E-state index is -0.104. The van der Waals surface area contributed by atoms with Gasteiger partial charge in [0.15, 0.2) is 0 Å². The Hall–Kier alpha value is -1.42. The maximum absolute atomic E-state index is 11.8. The number of anilines is 1. The van der Waals surface area contributed by atoms with Gasteiger partial charge in [0.1, 0.15) is 0 Å². The van der Waals surface area contributed by atoms with Crippen molar-refractivity contribution in [2.45, 2.75) is 46.6 Å². The fraction of sp³-hybridized carbons (Fsp3) is 0.571. The number of nitrogens with one attached hydrogen (secondary N) is 1. The Bertz CT molecular complexity index is 410. The molecule has 4 heteroatoms. The molecule has 1 heterocycles. The summed E-state index contributed by atoms with van der Waals surface area (Å²) >= 11 is 0. The van der Waals surface area contributed by atoms with E-state index in [0.717, 1.165) is 17.7 Å². The zero-order chi connectivity index (χ0) is 13.8. The van der Waals surface area contributed by atoms with E-state index in [1.807, 2.05) is 6.92 Å². The van der Waals surface area contributed by atoms with Crippen LogP contribution in [0.4, 0.5) is 5.69 Å². The highest BCUT2D eigenvalue weighted by molar-refractivity contribution is 5.91. The van der Waals surface area contributed by atoms with Crippen LogP contribution in [-0.4, -0.2) is 16.9 Å². The van der Waals surface area contributed by atoms with E-state index in [1.54, 1.807) is 18.5 Å². The molecule has 0 spiro atoms. The number of pyridine rings is 1. The second kappa shape index (κ2) is 5.96. The number of nitrogens with zero attached hydrogens (tertiary/aromatic N) is 1. The van der Waals surface area contributed by atoms with Gasteiger partial charge in [-0.1, -0.05) is 20.8 Å². The molecule has 1 unspecified atom stereocenters. The summed E-state index contributed by atoms with van der Waals surface area (Å²) in [4.78, 5) is 15.8. The molecule has 0 saturated carbocycles. The summed E-state index contributed by atoms with van der Waals surface area (Å²) < 4.78 is 0. The smallest absolute Gasteiger partial charge is 0.225 e. The fourth-order valence-corrected chi connectivity index (χ4v) is 1.91. The molecule has 0 aliphatic rings. The summed E-state index contributed by atoms with van der Waals surface area (Å²) in [7, 11) is 0. The lowest BCUT2D eigenvalue weighted by Gasteiger charge is -2.22. The number of rotatable bonds is 4. The van der Waals surface area contributed by atoms with Crippen LogP contribution in [0.15, 0.2) is 18.5 Å². The van der Waals surface area contributed by atoms with Gasteiger partial charge in [-0.2, -0.15) is 0 Å². The lowest BCUT2D eigenvalue weighted by Crippen LogP contribution is -2.31. The zero-order valence-corrected chi connectivity index (χ0v) is 11.7. The maximum atomic E-state index is 11.8. The summed E-state index contributed by atoms with van der Waals surface area (Å²) in [6.07, 6.45) is 4.57. The van der Waals surface area contributed by atoms with Crippen LogP contribution in [0, 0.1) is 12.3 Å². The van der Waals surface area contributed by atoms with Crippen LogP contribution in [-0.2, 0) is 4.79 Å². The predicted molar refractivity (Wildman–Crippen MR) is 74.3 cm³/mol. The average molecular weight is 249 g/mol. The van der Waals surface area contributed by atoms with Gasteiger partial charge < -0.3 is 11.1 Å². The Morgan fingerprint density at radius 2 is 2.17 bits per heavy atom. The summed E-state index contributed by atoms with van der Waals surface area (Å²) in [5.74, 6) is -0.0407. The zero-order valence-electron chi connectivity index (χ0n) is 11.7. The van der Waals surface area contributed by atoms with E-state index in [-0.39, 0.29) is 17.4 Å². The molecule has 1 amide bonds. The van der Waals surface area contributed by atoms with Gasteiger partial charge >= 0.3 is 0 Å². The van der Waals surface area contributed by atoms with Gasteiger partial charge in [0.25, 0.3) is 0 Å². The lowest BCUT2D eigenvalue weighted by molar-refractivity contribution is -0.116. The largest absolute Gasteiger partial charge is 0.327 e. The van der Waals surface area contributed by atoms with Crippen molar-refractivity contribution in [3.63, 3.8) is 0 Å². The molecule has 0 saturated heterocycles. The number of nitrogens with two attached hydrogens (primary N) is 1. The minimum absolute atomic E-state index is 0.0407. The van der Waals surface area contributed by atoms with Gasteiger partial charge in [-0.15, -0.1) is 0 Å². The van der Waals surface area contributed by atoms with Crippen molar-refractivity contribution in [3.05, 3.63) is 24.0 Å². The van der Waals surface area contributed by atoms with Gasteiger partial charge in [0.05, 0.1) is 0 Å². The normalized spacial score (nSPS) is 13.2. The molecule has 0 bridgehead atoms. The van der Waals surface area contributed by atoms with E-state index in [0.29, 0.717) is 6.42 Å². The van der Waals surface area contributed by atoms with Crippen molar-refractivity contribution >= 4 is 11.6 Å². The van der Waals surface area contributed by atoms with Gasteiger partial charge in [-0.25, -0.2) is 0 Å². The van der Waals surface area contributed by atoms with Gasteiger partial charge in [0, 0.05) is 30.5 Å². The van der Waals surface area contributed by atoms with Crippen LogP contribution in [0.25, 0.3) is 0 Å². The third kappa shape index (κ3) is 5.27. The van der Waals surface area contributed by atoms with Crippen LogP contribution < -0.4 is 11.1 Å². The fourth-order valence-electron chi connectivity index (χ4n) is 1.91. The van der Waals surface area contributed by atoms with Crippen molar-refractivity contribution in [2.75, 3.05) is 5.32 Å². The van der Waals surface area contributed by atoms with Crippen LogP contribution in [0.1, 0.15) is 39.2 Å². The number of carbonyl (C=O) groups excluding carboxylic acids is 1. The second-order valence-electron chi connectivity index (χ2n) is 5.97. The number of carbonyl (C=O) groups is 1. The third-order valence-corrected chi connectivity index (χ3v) is 2.62. The molecular formula is C14H23N3O. The van der Waals surface area contributed by atoms with Crippen molar-refractivity contribution in [2.24, 2.45) is 11.1 Å². The first-order valence-electron chi connectivity index (χ1n) is 6.24. The van der Waals surface area contributed by atoms with Crippen molar-refractivity contribution in [1.82, 2.24) is 4.98 Å². The Morgan fingerprint density at radius 3 is 2.72 bits per heavy atom. The Kier molecular flexibility index (Phi) is 4.84. The molecule has 1 atom stereocenters. The maximum Gasteiger partial charge on any atom is 0.225 e. The Balaban J connectivity index is 2.50. The molecule has 0 fully saturated rings. The van der Waals surface area contributed by atoms with Crippen LogP contribution in [0.3, 0.4) is 0 Å². The number of aryl methyl sites for hydroxylation is 1. The molecule has 0 aliphatic carbocycles. The summed E-state index contributed by atoms with van der Waals surface area (Å²) in [5.41, 5.74) is 7.88. The first-order chi connectivity index (χ1) is 8.28.